The van der Waals surface area contributed by atoms with Gasteiger partial charge in [0.2, 0.25) is 0 Å². The van der Waals surface area contributed by atoms with Gasteiger partial charge in [-0.05, 0) is 106 Å². The summed E-state index contributed by atoms with van der Waals surface area (Å²) in [6.45, 7) is 16.2. The zero-order chi connectivity index (χ0) is 23.3. The summed E-state index contributed by atoms with van der Waals surface area (Å²) >= 11 is 0. The Balaban J connectivity index is 1.54. The maximum Gasteiger partial charge on any atom is 0.129 e. The van der Waals surface area contributed by atoms with Crippen LogP contribution in [0.15, 0.2) is 24.3 Å². The molecule has 2 N–H and O–H groups in total. The molecule has 182 valence electrons. The predicted molar refractivity (Wildman–Crippen MR) is 131 cm³/mol. The van der Waals surface area contributed by atoms with Crippen LogP contribution in [0.1, 0.15) is 98.8 Å². The Morgan fingerprint density at radius 1 is 1.12 bits per heavy atom. The smallest absolute Gasteiger partial charge is 0.129 e. The maximum atomic E-state index is 10.4. The van der Waals surface area contributed by atoms with E-state index < -0.39 is 5.60 Å². The van der Waals surface area contributed by atoms with Crippen LogP contribution in [0.3, 0.4) is 0 Å². The number of hydrogen-bond acceptors (Lipinski definition) is 3. The summed E-state index contributed by atoms with van der Waals surface area (Å²) in [6.07, 6.45) is 15.4. The Hall–Kier alpha value is -0.640. The van der Waals surface area contributed by atoms with E-state index in [4.69, 9.17) is 4.89 Å². The summed E-state index contributed by atoms with van der Waals surface area (Å²) in [4.78, 5) is 5.23. The number of aliphatic hydroxyl groups is 1. The fourth-order valence-corrected chi connectivity index (χ4v) is 9.21. The van der Waals surface area contributed by atoms with E-state index in [1.807, 2.05) is 0 Å². The summed E-state index contributed by atoms with van der Waals surface area (Å²) in [6, 6.07) is 0. The van der Waals surface area contributed by atoms with Crippen LogP contribution in [0.2, 0.25) is 0 Å². The number of rotatable bonds is 7. The van der Waals surface area contributed by atoms with Gasteiger partial charge in [-0.15, -0.1) is 0 Å². The molecule has 0 aliphatic heterocycles. The first-order valence-electron chi connectivity index (χ1n) is 13.5. The van der Waals surface area contributed by atoms with Crippen molar-refractivity contribution in [2.45, 2.75) is 111 Å². The first kappa shape index (κ1) is 24.5. The van der Waals surface area contributed by atoms with Crippen molar-refractivity contribution in [3.8, 4) is 0 Å². The van der Waals surface area contributed by atoms with Gasteiger partial charge in [0.05, 0.1) is 6.10 Å². The fraction of sp³-hybridized carbons (Fsp3) is 0.862. The standard InChI is InChI=1S/C29H48O3/c1-7-21(19(2)3)9-8-20(4)24-10-11-25-23-13-17-29(32-31)18-22(30)12-16-28(29,6)26(23)14-15-27(24,25)5/h13,17,20-26,30-31H,2,7-12,14-16,18H2,1,3-6H3/t20-,21+,22+,23?,24?,25?,26?,27-,28-,29-/m1/s1. The first-order chi connectivity index (χ1) is 15.1. The molecule has 4 unspecified atom stereocenters. The summed E-state index contributed by atoms with van der Waals surface area (Å²) in [5.74, 6) is 4.09. The normalized spacial score (nSPS) is 47.3. The van der Waals surface area contributed by atoms with E-state index >= 15 is 0 Å². The number of aliphatic hydroxyl groups excluding tert-OH is 1. The van der Waals surface area contributed by atoms with Crippen molar-refractivity contribution in [2.24, 2.45) is 46.3 Å². The van der Waals surface area contributed by atoms with Gasteiger partial charge < -0.3 is 5.11 Å². The van der Waals surface area contributed by atoms with E-state index in [9.17, 15) is 10.4 Å². The third-order valence-electron chi connectivity index (χ3n) is 11.3. The van der Waals surface area contributed by atoms with Crippen LogP contribution in [0.25, 0.3) is 0 Å². The highest BCUT2D eigenvalue weighted by atomic mass is 17.1. The molecule has 32 heavy (non-hydrogen) atoms. The Bertz CT molecular complexity index is 730. The van der Waals surface area contributed by atoms with Crippen molar-refractivity contribution >= 4 is 0 Å². The summed E-state index contributed by atoms with van der Waals surface area (Å²) in [7, 11) is 0. The van der Waals surface area contributed by atoms with Crippen LogP contribution in [0, 0.1) is 46.3 Å². The van der Waals surface area contributed by atoms with Crippen LogP contribution in [-0.2, 0) is 4.89 Å². The minimum absolute atomic E-state index is 0.0960. The molecule has 4 rings (SSSR count). The van der Waals surface area contributed by atoms with Crippen LogP contribution in [0.5, 0.6) is 0 Å². The van der Waals surface area contributed by atoms with E-state index in [1.54, 1.807) is 0 Å². The molecule has 0 heterocycles. The van der Waals surface area contributed by atoms with Gasteiger partial charge in [0, 0.05) is 11.8 Å². The minimum Gasteiger partial charge on any atom is -0.393 e. The molecule has 0 spiro atoms. The molecule has 3 heteroatoms. The van der Waals surface area contributed by atoms with Gasteiger partial charge in [-0.2, -0.15) is 0 Å². The van der Waals surface area contributed by atoms with E-state index in [2.05, 4.69) is 53.3 Å². The molecule has 0 aromatic rings. The largest absolute Gasteiger partial charge is 0.393 e. The molecule has 3 fully saturated rings. The summed E-state index contributed by atoms with van der Waals surface area (Å²) in [5, 5.41) is 20.4. The quantitative estimate of drug-likeness (QED) is 0.244. The van der Waals surface area contributed by atoms with Gasteiger partial charge in [0.15, 0.2) is 0 Å². The molecule has 4 aliphatic carbocycles. The molecule has 3 saturated carbocycles. The SMILES string of the molecule is C=C(C)[C@@H](CC)CC[C@@H](C)C1CCC2C3C=C[C@@]4(OO)C[C@@H](O)CC[C@]4(C)C3CC[C@@]21C. The zero-order valence-corrected chi connectivity index (χ0v) is 21.3. The van der Waals surface area contributed by atoms with Gasteiger partial charge in [-0.25, -0.2) is 4.89 Å². The molecule has 0 bridgehead atoms. The van der Waals surface area contributed by atoms with Crippen LogP contribution in [0.4, 0.5) is 0 Å². The number of fused-ring (bicyclic) bond motifs is 5. The lowest BCUT2D eigenvalue weighted by Crippen LogP contribution is -2.61. The molecule has 0 amide bonds. The maximum absolute atomic E-state index is 10.4. The van der Waals surface area contributed by atoms with Crippen molar-refractivity contribution in [1.82, 2.24) is 0 Å². The third kappa shape index (κ3) is 3.66. The van der Waals surface area contributed by atoms with Crippen LogP contribution in [-0.4, -0.2) is 22.1 Å². The lowest BCUT2D eigenvalue weighted by atomic mass is 9.45. The summed E-state index contributed by atoms with van der Waals surface area (Å²) in [5.41, 5.74) is 0.952. The first-order valence-corrected chi connectivity index (χ1v) is 13.5. The van der Waals surface area contributed by atoms with Crippen LogP contribution < -0.4 is 0 Å². The molecular weight excluding hydrogens is 396 g/mol. The van der Waals surface area contributed by atoms with Crippen molar-refractivity contribution in [2.75, 3.05) is 0 Å². The van der Waals surface area contributed by atoms with Gasteiger partial charge in [-0.1, -0.05) is 52.0 Å². The highest BCUT2D eigenvalue weighted by molar-refractivity contribution is 5.25. The molecule has 4 aliphatic rings. The van der Waals surface area contributed by atoms with Gasteiger partial charge in [0.25, 0.3) is 0 Å². The molecular formula is C29H48O3. The van der Waals surface area contributed by atoms with Crippen molar-refractivity contribution in [1.29, 1.82) is 0 Å². The average molecular weight is 445 g/mol. The molecule has 0 aromatic carbocycles. The van der Waals surface area contributed by atoms with Gasteiger partial charge >= 0.3 is 0 Å². The van der Waals surface area contributed by atoms with Gasteiger partial charge in [-0.3, -0.25) is 5.26 Å². The van der Waals surface area contributed by atoms with Crippen molar-refractivity contribution in [3.05, 3.63) is 24.3 Å². The highest BCUT2D eigenvalue weighted by Gasteiger charge is 2.64. The molecule has 0 saturated heterocycles. The second kappa shape index (κ2) is 8.86. The summed E-state index contributed by atoms with van der Waals surface area (Å²) < 4.78 is 0. The zero-order valence-electron chi connectivity index (χ0n) is 21.3. The van der Waals surface area contributed by atoms with Crippen molar-refractivity contribution < 1.29 is 15.3 Å². The van der Waals surface area contributed by atoms with Crippen LogP contribution >= 0.6 is 0 Å². The Morgan fingerprint density at radius 3 is 2.53 bits per heavy atom. The van der Waals surface area contributed by atoms with E-state index in [0.717, 1.165) is 30.6 Å². The highest BCUT2D eigenvalue weighted by Crippen LogP contribution is 2.68. The number of hydrogen-bond donors (Lipinski definition) is 2. The Morgan fingerprint density at radius 2 is 1.88 bits per heavy atom. The molecule has 0 radical (unpaired) electrons. The van der Waals surface area contributed by atoms with E-state index in [0.29, 0.717) is 29.6 Å². The minimum atomic E-state index is -0.720. The van der Waals surface area contributed by atoms with Crippen molar-refractivity contribution in [3.63, 3.8) is 0 Å². The van der Waals surface area contributed by atoms with E-state index in [-0.39, 0.29) is 11.5 Å². The third-order valence-corrected chi connectivity index (χ3v) is 11.3. The fourth-order valence-electron chi connectivity index (χ4n) is 9.21. The molecule has 10 atom stereocenters. The average Bonchev–Trinajstić information content (AvgIpc) is 3.11. The lowest BCUT2D eigenvalue weighted by Gasteiger charge is -2.62. The monoisotopic (exact) mass is 444 g/mol. The van der Waals surface area contributed by atoms with E-state index in [1.165, 1.54) is 50.5 Å². The second-order valence-electron chi connectivity index (χ2n) is 12.7. The second-order valence-corrected chi connectivity index (χ2v) is 12.7. The van der Waals surface area contributed by atoms with Gasteiger partial charge in [0.1, 0.15) is 5.60 Å². The topological polar surface area (TPSA) is 49.7 Å². The lowest BCUT2D eigenvalue weighted by molar-refractivity contribution is -0.361. The Kier molecular flexibility index (Phi) is 6.78. The Labute approximate surface area is 196 Å². The predicted octanol–water partition coefficient (Wildman–Crippen LogP) is 7.41. The molecule has 3 nitrogen and oxygen atoms in total. The molecule has 0 aromatic heterocycles. The number of allylic oxidation sites excluding steroid dienone is 2.